The van der Waals surface area contributed by atoms with Crippen molar-refractivity contribution in [2.24, 2.45) is 5.73 Å². The van der Waals surface area contributed by atoms with Crippen molar-refractivity contribution in [3.8, 4) is 0 Å². The third-order valence-electron chi connectivity index (χ3n) is 4.25. The fraction of sp³-hybridized carbons (Fsp3) is 0.316. The third-order valence-corrected chi connectivity index (χ3v) is 4.25. The second-order valence-corrected chi connectivity index (χ2v) is 6.18. The van der Waals surface area contributed by atoms with Gasteiger partial charge in [0.1, 0.15) is 11.9 Å². The molecule has 0 spiro atoms. The van der Waals surface area contributed by atoms with E-state index in [0.29, 0.717) is 37.6 Å². The van der Waals surface area contributed by atoms with Gasteiger partial charge in [0.25, 0.3) is 0 Å². The van der Waals surface area contributed by atoms with Crippen LogP contribution in [0.1, 0.15) is 17.2 Å². The molecule has 25 heavy (non-hydrogen) atoms. The molecule has 1 fully saturated rings. The third kappa shape index (κ3) is 4.35. The fourth-order valence-corrected chi connectivity index (χ4v) is 2.80. The Morgan fingerprint density at radius 2 is 1.88 bits per heavy atom. The Morgan fingerprint density at radius 1 is 1.20 bits per heavy atom. The normalized spacial score (nSPS) is 15.7. The van der Waals surface area contributed by atoms with Crippen LogP contribution in [0.4, 0.5) is 15.8 Å². The van der Waals surface area contributed by atoms with Crippen LogP contribution >= 0.6 is 0 Å². The van der Waals surface area contributed by atoms with Crippen LogP contribution in [0.2, 0.25) is 0 Å². The Kier molecular flexibility index (Phi) is 5.31. The van der Waals surface area contributed by atoms with E-state index >= 15 is 0 Å². The van der Waals surface area contributed by atoms with E-state index in [2.05, 4.69) is 5.32 Å². The monoisotopic (exact) mass is 343 g/mol. The molecule has 6 heteroatoms. The molecule has 132 valence electrons. The van der Waals surface area contributed by atoms with Crippen LogP contribution in [0.5, 0.6) is 0 Å². The lowest BCUT2D eigenvalue weighted by Gasteiger charge is -2.29. The van der Waals surface area contributed by atoms with Crippen molar-refractivity contribution in [1.82, 2.24) is 0 Å². The van der Waals surface area contributed by atoms with Crippen molar-refractivity contribution in [3.63, 3.8) is 0 Å². The zero-order valence-electron chi connectivity index (χ0n) is 14.2. The maximum atomic E-state index is 14.0. The van der Waals surface area contributed by atoms with E-state index in [1.54, 1.807) is 6.07 Å². The first-order chi connectivity index (χ1) is 12.0. The topological polar surface area (TPSA) is 67.6 Å². The molecule has 2 aromatic rings. The minimum Gasteiger partial charge on any atom is -0.378 e. The number of amides is 1. The summed E-state index contributed by atoms with van der Waals surface area (Å²) in [5.74, 6) is -0.773. The summed E-state index contributed by atoms with van der Waals surface area (Å²) < 4.78 is 19.3. The lowest BCUT2D eigenvalue weighted by Crippen LogP contribution is -2.36. The van der Waals surface area contributed by atoms with Gasteiger partial charge < -0.3 is 20.7 Å². The molecule has 2 aromatic carbocycles. The largest absolute Gasteiger partial charge is 0.378 e. The number of nitrogens with two attached hydrogens (primary N) is 1. The zero-order chi connectivity index (χ0) is 17.8. The molecule has 1 atom stereocenters. The molecular formula is C19H22FN3O2. The molecule has 1 aliphatic heterocycles. The molecule has 0 bridgehead atoms. The number of carbonyl (C=O) groups is 1. The van der Waals surface area contributed by atoms with Crippen LogP contribution in [0.3, 0.4) is 0 Å². The highest BCUT2D eigenvalue weighted by Crippen LogP contribution is 2.24. The molecule has 3 rings (SSSR count). The van der Waals surface area contributed by atoms with Crippen molar-refractivity contribution in [1.29, 1.82) is 0 Å². The molecule has 0 saturated carbocycles. The number of carbonyl (C=O) groups excluding carboxylic acids is 1. The molecule has 1 unspecified atom stereocenters. The molecule has 0 radical (unpaired) electrons. The number of morpholine rings is 1. The second-order valence-electron chi connectivity index (χ2n) is 6.18. The second kappa shape index (κ2) is 7.63. The number of hydrogen-bond donors (Lipinski definition) is 2. The summed E-state index contributed by atoms with van der Waals surface area (Å²) in [6.07, 6.45) is 0. The van der Waals surface area contributed by atoms with Crippen LogP contribution in [-0.4, -0.2) is 32.2 Å². The lowest BCUT2D eigenvalue weighted by atomic mass is 10.1. The van der Waals surface area contributed by atoms with Gasteiger partial charge >= 0.3 is 0 Å². The number of benzene rings is 2. The Labute approximate surface area is 146 Å². The van der Waals surface area contributed by atoms with Gasteiger partial charge in [-0.25, -0.2) is 4.39 Å². The predicted octanol–water partition coefficient (Wildman–Crippen LogP) is 2.61. The quantitative estimate of drug-likeness (QED) is 0.895. The maximum absolute atomic E-state index is 14.0. The van der Waals surface area contributed by atoms with Crippen molar-refractivity contribution < 1.29 is 13.9 Å². The molecule has 0 aliphatic carbocycles. The van der Waals surface area contributed by atoms with Gasteiger partial charge in [0.15, 0.2) is 0 Å². The summed E-state index contributed by atoms with van der Waals surface area (Å²) in [5.41, 5.74) is 8.95. The van der Waals surface area contributed by atoms with E-state index in [9.17, 15) is 9.18 Å². The van der Waals surface area contributed by atoms with Gasteiger partial charge in [0.2, 0.25) is 5.91 Å². The van der Waals surface area contributed by atoms with Crippen molar-refractivity contribution in [2.45, 2.75) is 13.0 Å². The number of halogens is 1. The maximum Gasteiger partial charge on any atom is 0.245 e. The highest BCUT2D eigenvalue weighted by Gasteiger charge is 2.18. The standard InChI is InChI=1S/C19H22FN3O2/c1-13-2-4-14(5-3-13)18(21)19(24)22-16-10-15(20)11-17(12-16)23-6-8-25-9-7-23/h2-5,10-12,18H,6-9,21H2,1H3,(H,22,24). The van der Waals surface area contributed by atoms with Crippen LogP contribution in [0.15, 0.2) is 42.5 Å². The molecule has 3 N–H and O–H groups in total. The number of nitrogens with zero attached hydrogens (tertiary/aromatic N) is 1. The number of aryl methyl sites for hydroxylation is 1. The van der Waals surface area contributed by atoms with Crippen LogP contribution in [0.25, 0.3) is 0 Å². The van der Waals surface area contributed by atoms with Gasteiger partial charge in [-0.05, 0) is 30.7 Å². The minimum absolute atomic E-state index is 0.373. The Bertz CT molecular complexity index is 743. The predicted molar refractivity (Wildman–Crippen MR) is 96.2 cm³/mol. The number of rotatable bonds is 4. The van der Waals surface area contributed by atoms with Crippen LogP contribution in [0, 0.1) is 12.7 Å². The average molecular weight is 343 g/mol. The SMILES string of the molecule is Cc1ccc(C(N)C(=O)Nc2cc(F)cc(N3CCOCC3)c2)cc1. The van der Waals surface area contributed by atoms with E-state index in [0.717, 1.165) is 11.3 Å². The minimum atomic E-state index is -0.810. The van der Waals surface area contributed by atoms with Crippen molar-refractivity contribution >= 4 is 17.3 Å². The van der Waals surface area contributed by atoms with Gasteiger partial charge in [-0.1, -0.05) is 29.8 Å². The first-order valence-electron chi connectivity index (χ1n) is 8.29. The number of nitrogens with one attached hydrogen (secondary N) is 1. The fourth-order valence-electron chi connectivity index (χ4n) is 2.80. The van der Waals surface area contributed by atoms with Gasteiger partial charge in [-0.15, -0.1) is 0 Å². The smallest absolute Gasteiger partial charge is 0.245 e. The van der Waals surface area contributed by atoms with E-state index in [-0.39, 0.29) is 5.91 Å². The van der Waals surface area contributed by atoms with Gasteiger partial charge in [0, 0.05) is 24.5 Å². The molecule has 1 heterocycles. The van der Waals surface area contributed by atoms with E-state index < -0.39 is 11.9 Å². The van der Waals surface area contributed by atoms with E-state index in [1.807, 2.05) is 36.1 Å². The van der Waals surface area contributed by atoms with Crippen LogP contribution < -0.4 is 16.0 Å². The summed E-state index contributed by atoms with van der Waals surface area (Å²) in [5, 5.41) is 2.71. The highest BCUT2D eigenvalue weighted by molar-refractivity contribution is 5.95. The Morgan fingerprint density at radius 3 is 2.56 bits per heavy atom. The molecule has 1 aliphatic rings. The first-order valence-corrected chi connectivity index (χ1v) is 8.29. The highest BCUT2D eigenvalue weighted by atomic mass is 19.1. The average Bonchev–Trinajstić information content (AvgIpc) is 2.62. The summed E-state index contributed by atoms with van der Waals surface area (Å²) in [6, 6.07) is 11.2. The van der Waals surface area contributed by atoms with E-state index in [1.165, 1.54) is 12.1 Å². The van der Waals surface area contributed by atoms with E-state index in [4.69, 9.17) is 10.5 Å². The summed E-state index contributed by atoms with van der Waals surface area (Å²) in [6.45, 7) is 4.57. The molecule has 1 saturated heterocycles. The number of ether oxygens (including phenoxy) is 1. The number of hydrogen-bond acceptors (Lipinski definition) is 4. The molecular weight excluding hydrogens is 321 g/mol. The Balaban J connectivity index is 1.74. The summed E-state index contributed by atoms with van der Waals surface area (Å²) >= 11 is 0. The van der Waals surface area contributed by atoms with Crippen molar-refractivity contribution in [3.05, 3.63) is 59.4 Å². The Hall–Kier alpha value is -2.44. The zero-order valence-corrected chi connectivity index (χ0v) is 14.2. The van der Waals surface area contributed by atoms with Crippen molar-refractivity contribution in [2.75, 3.05) is 36.5 Å². The first kappa shape index (κ1) is 17.4. The van der Waals surface area contributed by atoms with Gasteiger partial charge in [-0.3, -0.25) is 4.79 Å². The van der Waals surface area contributed by atoms with Gasteiger partial charge in [0.05, 0.1) is 13.2 Å². The number of anilines is 2. The molecule has 0 aromatic heterocycles. The summed E-state index contributed by atoms with van der Waals surface area (Å²) in [7, 11) is 0. The lowest BCUT2D eigenvalue weighted by molar-refractivity contribution is -0.117. The van der Waals surface area contributed by atoms with Crippen LogP contribution in [-0.2, 0) is 9.53 Å². The molecule has 5 nitrogen and oxygen atoms in total. The molecule has 1 amide bonds. The summed E-state index contributed by atoms with van der Waals surface area (Å²) in [4.78, 5) is 14.4. The van der Waals surface area contributed by atoms with Gasteiger partial charge in [-0.2, -0.15) is 0 Å².